The molecule has 106 valence electrons. The highest BCUT2D eigenvalue weighted by atomic mass is 16.5. The Morgan fingerprint density at radius 3 is 2.85 bits per heavy atom. The molecule has 0 aromatic carbocycles. The Morgan fingerprint density at radius 1 is 1.40 bits per heavy atom. The second kappa shape index (κ2) is 6.31. The second-order valence-electron chi connectivity index (χ2n) is 3.58. The maximum absolute atomic E-state index is 10.4. The summed E-state index contributed by atoms with van der Waals surface area (Å²) < 4.78 is 6.10. The number of primary amides is 1. The Bertz CT molecular complexity index is 571. The summed E-state index contributed by atoms with van der Waals surface area (Å²) in [5.74, 6) is 1.10. The summed E-state index contributed by atoms with van der Waals surface area (Å²) in [5.41, 5.74) is 4.85. The van der Waals surface area contributed by atoms with Crippen LogP contribution in [0, 0.1) is 0 Å². The molecule has 2 heterocycles. The quantitative estimate of drug-likeness (QED) is 0.608. The summed E-state index contributed by atoms with van der Waals surface area (Å²) in [6, 6.07) is 1.76. The molecule has 0 atom stereocenters. The molecular formula is C10H14N8O2. The van der Waals surface area contributed by atoms with Crippen molar-refractivity contribution in [1.29, 1.82) is 0 Å². The van der Waals surface area contributed by atoms with E-state index in [1.807, 2.05) is 0 Å². The van der Waals surface area contributed by atoms with Crippen LogP contribution in [0.3, 0.4) is 0 Å². The molecule has 0 saturated heterocycles. The van der Waals surface area contributed by atoms with Gasteiger partial charge < -0.3 is 21.1 Å². The number of rotatable bonds is 6. The van der Waals surface area contributed by atoms with Crippen molar-refractivity contribution >= 4 is 18.0 Å². The lowest BCUT2D eigenvalue weighted by Crippen LogP contribution is -2.19. The van der Waals surface area contributed by atoms with Crippen LogP contribution >= 0.6 is 0 Å². The van der Waals surface area contributed by atoms with Crippen LogP contribution in [0.1, 0.15) is 0 Å². The lowest BCUT2D eigenvalue weighted by Gasteiger charge is -2.08. The number of aromatic nitrogens is 5. The molecule has 10 heteroatoms. The predicted octanol–water partition coefficient (Wildman–Crippen LogP) is -0.394. The summed E-state index contributed by atoms with van der Waals surface area (Å²) in [6.07, 6.45) is 2.52. The zero-order chi connectivity index (χ0) is 14.4. The molecule has 0 aliphatic rings. The fraction of sp³-hybridized carbons (Fsp3) is 0.300. The smallest absolute Gasteiger partial charge is 0.404 e. The third kappa shape index (κ3) is 3.54. The van der Waals surface area contributed by atoms with Crippen LogP contribution in [0.5, 0.6) is 0 Å². The Hall–Kier alpha value is -2.91. The molecule has 4 N–H and O–H groups in total. The van der Waals surface area contributed by atoms with E-state index in [4.69, 9.17) is 5.73 Å². The number of hydrogen-bond donors (Lipinski definition) is 3. The minimum atomic E-state index is -0.824. The van der Waals surface area contributed by atoms with E-state index >= 15 is 0 Å². The normalized spacial score (nSPS) is 10.1. The first-order valence-electron chi connectivity index (χ1n) is 5.79. The predicted molar refractivity (Wildman–Crippen MR) is 70.5 cm³/mol. The third-order valence-electron chi connectivity index (χ3n) is 2.19. The topological polar surface area (TPSA) is 133 Å². The van der Waals surface area contributed by atoms with Gasteiger partial charge in [-0.3, -0.25) is 0 Å². The molecule has 0 saturated carbocycles. The van der Waals surface area contributed by atoms with Gasteiger partial charge in [-0.25, -0.2) is 9.48 Å². The number of nitrogens with one attached hydrogen (secondary N) is 2. The van der Waals surface area contributed by atoms with E-state index < -0.39 is 6.09 Å². The highest BCUT2D eigenvalue weighted by molar-refractivity contribution is 5.64. The van der Waals surface area contributed by atoms with Crippen LogP contribution in [0.25, 0.3) is 5.95 Å². The lowest BCUT2D eigenvalue weighted by atomic mass is 10.6. The Labute approximate surface area is 114 Å². The van der Waals surface area contributed by atoms with E-state index in [2.05, 4.69) is 35.4 Å². The molecule has 2 aromatic heterocycles. The van der Waals surface area contributed by atoms with Crippen LogP contribution in [-0.4, -0.2) is 51.0 Å². The van der Waals surface area contributed by atoms with Gasteiger partial charge in [-0.2, -0.15) is 20.1 Å². The summed E-state index contributed by atoms with van der Waals surface area (Å²) in [6.45, 7) is 0.446. The molecule has 0 spiro atoms. The van der Waals surface area contributed by atoms with Crippen LogP contribution < -0.4 is 16.4 Å². The van der Waals surface area contributed by atoms with Crippen molar-refractivity contribution in [3.8, 4) is 5.95 Å². The zero-order valence-electron chi connectivity index (χ0n) is 10.8. The van der Waals surface area contributed by atoms with E-state index in [1.165, 1.54) is 4.68 Å². The first kappa shape index (κ1) is 13.5. The van der Waals surface area contributed by atoms with Gasteiger partial charge in [-0.15, -0.1) is 0 Å². The van der Waals surface area contributed by atoms with Gasteiger partial charge in [0.15, 0.2) is 0 Å². The van der Waals surface area contributed by atoms with Gasteiger partial charge in [0, 0.05) is 19.4 Å². The van der Waals surface area contributed by atoms with Crippen molar-refractivity contribution < 1.29 is 9.53 Å². The molecule has 0 unspecified atom stereocenters. The summed E-state index contributed by atoms with van der Waals surface area (Å²) >= 11 is 0. The zero-order valence-corrected chi connectivity index (χ0v) is 10.8. The second-order valence-corrected chi connectivity index (χ2v) is 3.58. The van der Waals surface area contributed by atoms with Gasteiger partial charge in [-0.1, -0.05) is 0 Å². The molecule has 10 nitrogen and oxygen atoms in total. The summed E-state index contributed by atoms with van der Waals surface area (Å²) in [7, 11) is 1.70. The largest absolute Gasteiger partial charge is 0.448 e. The molecule has 0 fully saturated rings. The Morgan fingerprint density at radius 2 is 2.20 bits per heavy atom. The SMILES string of the molecule is CNc1nc(NCCOC(N)=O)nc(-n2cccn2)n1. The molecule has 20 heavy (non-hydrogen) atoms. The third-order valence-corrected chi connectivity index (χ3v) is 2.19. The van der Waals surface area contributed by atoms with Crippen molar-refractivity contribution in [3.63, 3.8) is 0 Å². The number of amides is 1. The number of anilines is 2. The molecule has 2 aromatic rings. The molecule has 0 aliphatic heterocycles. The van der Waals surface area contributed by atoms with Gasteiger partial charge in [0.1, 0.15) is 6.61 Å². The first-order chi connectivity index (χ1) is 9.69. The van der Waals surface area contributed by atoms with E-state index in [0.29, 0.717) is 24.4 Å². The van der Waals surface area contributed by atoms with Crippen LogP contribution in [0.2, 0.25) is 0 Å². The Balaban J connectivity index is 2.08. The van der Waals surface area contributed by atoms with E-state index in [9.17, 15) is 4.79 Å². The monoisotopic (exact) mass is 278 g/mol. The van der Waals surface area contributed by atoms with Gasteiger partial charge in [-0.05, 0) is 6.07 Å². The van der Waals surface area contributed by atoms with Crippen molar-refractivity contribution in [2.45, 2.75) is 0 Å². The average Bonchev–Trinajstić information content (AvgIpc) is 2.97. The van der Waals surface area contributed by atoms with E-state index in [0.717, 1.165) is 0 Å². The molecule has 0 radical (unpaired) electrons. The summed E-state index contributed by atoms with van der Waals surface area (Å²) in [4.78, 5) is 22.9. The molecular weight excluding hydrogens is 264 g/mol. The highest BCUT2D eigenvalue weighted by Gasteiger charge is 2.07. The van der Waals surface area contributed by atoms with E-state index in [-0.39, 0.29) is 6.61 Å². The molecule has 2 rings (SSSR count). The van der Waals surface area contributed by atoms with Crippen molar-refractivity contribution in [2.75, 3.05) is 30.8 Å². The summed E-state index contributed by atoms with van der Waals surface area (Å²) in [5, 5.41) is 9.78. The van der Waals surface area contributed by atoms with Gasteiger partial charge in [0.25, 0.3) is 5.95 Å². The van der Waals surface area contributed by atoms with Crippen molar-refractivity contribution in [2.24, 2.45) is 5.73 Å². The van der Waals surface area contributed by atoms with Gasteiger partial charge >= 0.3 is 6.09 Å². The van der Waals surface area contributed by atoms with Gasteiger partial charge in [0.2, 0.25) is 11.9 Å². The Kier molecular flexibility index (Phi) is 4.27. The minimum Gasteiger partial charge on any atom is -0.448 e. The maximum atomic E-state index is 10.4. The minimum absolute atomic E-state index is 0.118. The standard InChI is InChI=1S/C10H14N8O2/c1-12-8-15-9(13-4-6-20-7(11)19)17-10(16-8)18-5-2-3-14-18/h2-3,5H,4,6H2,1H3,(H2,11,19)(H2,12,13,15,16,17). The maximum Gasteiger partial charge on any atom is 0.404 e. The van der Waals surface area contributed by atoms with Crippen LogP contribution in [-0.2, 0) is 4.74 Å². The number of ether oxygens (including phenoxy) is 1. The fourth-order valence-corrected chi connectivity index (χ4v) is 1.36. The van der Waals surface area contributed by atoms with Crippen molar-refractivity contribution in [1.82, 2.24) is 24.7 Å². The number of nitrogens with two attached hydrogens (primary N) is 1. The first-order valence-corrected chi connectivity index (χ1v) is 5.79. The van der Waals surface area contributed by atoms with E-state index in [1.54, 1.807) is 25.5 Å². The molecule has 1 amide bonds. The highest BCUT2D eigenvalue weighted by Crippen LogP contribution is 2.07. The lowest BCUT2D eigenvalue weighted by molar-refractivity contribution is 0.161. The average molecular weight is 278 g/mol. The van der Waals surface area contributed by atoms with Crippen LogP contribution in [0.4, 0.5) is 16.7 Å². The van der Waals surface area contributed by atoms with Gasteiger partial charge in [0.05, 0.1) is 6.54 Å². The fourth-order valence-electron chi connectivity index (χ4n) is 1.36. The van der Waals surface area contributed by atoms with Crippen LogP contribution in [0.15, 0.2) is 18.5 Å². The number of carbonyl (C=O) groups is 1. The number of nitrogens with zero attached hydrogens (tertiary/aromatic N) is 5. The molecule has 0 bridgehead atoms. The van der Waals surface area contributed by atoms with Crippen molar-refractivity contribution in [3.05, 3.63) is 18.5 Å². The number of carbonyl (C=O) groups excluding carboxylic acids is 1. The molecule has 0 aliphatic carbocycles. The number of hydrogen-bond acceptors (Lipinski definition) is 8.